The molecule has 0 spiro atoms. The molecule has 1 unspecified atom stereocenters. The highest BCUT2D eigenvalue weighted by molar-refractivity contribution is 6.03. The fourth-order valence-corrected chi connectivity index (χ4v) is 2.91. The minimum Gasteiger partial charge on any atom is -0.312 e. The molecule has 2 amide bonds. The zero-order valence-corrected chi connectivity index (χ0v) is 13.8. The second kappa shape index (κ2) is 6.75. The van der Waals surface area contributed by atoms with Gasteiger partial charge >= 0.3 is 0 Å². The van der Waals surface area contributed by atoms with Crippen LogP contribution in [0.25, 0.3) is 5.82 Å². The highest BCUT2D eigenvalue weighted by atomic mass is 16.2. The normalized spacial score (nSPS) is 16.7. The second-order valence-electron chi connectivity index (χ2n) is 5.94. The van der Waals surface area contributed by atoms with Gasteiger partial charge < -0.3 is 10.2 Å². The third-order valence-electron chi connectivity index (χ3n) is 4.21. The van der Waals surface area contributed by atoms with Gasteiger partial charge in [0, 0.05) is 37.1 Å². The number of nitrogens with one attached hydrogen (secondary N) is 1. The van der Waals surface area contributed by atoms with Gasteiger partial charge in [-0.05, 0) is 18.2 Å². The first kappa shape index (κ1) is 15.9. The number of para-hydroxylation sites is 1. The molecular formula is C18H16N6O2. The molecule has 1 N–H and O–H groups in total. The molecule has 0 radical (unpaired) electrons. The maximum Gasteiger partial charge on any atom is 0.230 e. The first-order valence-electron chi connectivity index (χ1n) is 8.19. The molecule has 8 heteroatoms. The van der Waals surface area contributed by atoms with Crippen molar-refractivity contribution in [3.05, 3.63) is 61.2 Å². The largest absolute Gasteiger partial charge is 0.312 e. The van der Waals surface area contributed by atoms with Crippen molar-refractivity contribution in [2.24, 2.45) is 5.92 Å². The van der Waals surface area contributed by atoms with Gasteiger partial charge in [-0.2, -0.15) is 5.10 Å². The number of hydrogen-bond donors (Lipinski definition) is 1. The number of benzene rings is 1. The number of nitrogens with zero attached hydrogens (tertiary/aromatic N) is 5. The molecule has 0 saturated carbocycles. The molecule has 8 nitrogen and oxygen atoms in total. The SMILES string of the molecule is O=C(Nc1cc(-n2cccn2)ncn1)C1CC(=O)N(c2ccccc2)C1. The molecule has 3 heterocycles. The molecule has 2 aromatic heterocycles. The Morgan fingerprint density at radius 3 is 2.77 bits per heavy atom. The molecule has 130 valence electrons. The first-order valence-corrected chi connectivity index (χ1v) is 8.19. The van der Waals surface area contributed by atoms with Crippen LogP contribution < -0.4 is 10.2 Å². The van der Waals surface area contributed by atoms with E-state index < -0.39 is 5.92 Å². The fraction of sp³-hybridized carbons (Fsp3) is 0.167. The lowest BCUT2D eigenvalue weighted by Gasteiger charge is -2.16. The van der Waals surface area contributed by atoms with E-state index in [1.165, 1.54) is 6.33 Å². The summed E-state index contributed by atoms with van der Waals surface area (Å²) in [6, 6.07) is 12.8. The molecule has 0 aliphatic carbocycles. The number of amides is 2. The van der Waals surface area contributed by atoms with Gasteiger partial charge in [0.2, 0.25) is 11.8 Å². The van der Waals surface area contributed by atoms with Crippen LogP contribution >= 0.6 is 0 Å². The van der Waals surface area contributed by atoms with Crippen molar-refractivity contribution in [3.63, 3.8) is 0 Å². The van der Waals surface area contributed by atoms with E-state index in [1.54, 1.807) is 34.1 Å². The van der Waals surface area contributed by atoms with Gasteiger partial charge in [-0.3, -0.25) is 9.59 Å². The van der Waals surface area contributed by atoms with Crippen molar-refractivity contribution < 1.29 is 9.59 Å². The minimum absolute atomic E-state index is 0.0590. The molecule has 3 aromatic rings. The van der Waals surface area contributed by atoms with E-state index in [0.717, 1.165) is 5.69 Å². The van der Waals surface area contributed by atoms with E-state index in [9.17, 15) is 9.59 Å². The molecule has 0 bridgehead atoms. The second-order valence-corrected chi connectivity index (χ2v) is 5.94. The standard InChI is InChI=1S/C18H16N6O2/c25-17-9-13(11-23(17)14-5-2-1-3-6-14)18(26)22-15-10-16(20-12-19-15)24-8-4-7-21-24/h1-8,10,12-13H,9,11H2,(H,19,20,22,26). The summed E-state index contributed by atoms with van der Waals surface area (Å²) in [5.41, 5.74) is 0.802. The zero-order chi connectivity index (χ0) is 17.9. The van der Waals surface area contributed by atoms with Crippen LogP contribution in [0.3, 0.4) is 0 Å². The number of anilines is 2. The molecular weight excluding hydrogens is 332 g/mol. The summed E-state index contributed by atoms with van der Waals surface area (Å²) in [5.74, 6) is 0.207. The predicted octanol–water partition coefficient (Wildman–Crippen LogP) is 1.65. The third kappa shape index (κ3) is 3.16. The monoisotopic (exact) mass is 348 g/mol. The van der Waals surface area contributed by atoms with E-state index >= 15 is 0 Å². The lowest BCUT2D eigenvalue weighted by Crippen LogP contribution is -2.28. The Kier molecular flexibility index (Phi) is 4.14. The Hall–Kier alpha value is -3.55. The molecule has 1 aromatic carbocycles. The summed E-state index contributed by atoms with van der Waals surface area (Å²) in [4.78, 5) is 34.7. The summed E-state index contributed by atoms with van der Waals surface area (Å²) in [6.45, 7) is 0.353. The summed E-state index contributed by atoms with van der Waals surface area (Å²) < 4.78 is 1.58. The lowest BCUT2D eigenvalue weighted by molar-refractivity contribution is -0.122. The van der Waals surface area contributed by atoms with Crippen LogP contribution in [0.4, 0.5) is 11.5 Å². The van der Waals surface area contributed by atoms with Crippen molar-refractivity contribution in [1.82, 2.24) is 19.7 Å². The number of carbonyl (C=O) groups is 2. The average Bonchev–Trinajstić information content (AvgIpc) is 3.32. The Labute approximate surface area is 149 Å². The van der Waals surface area contributed by atoms with Crippen molar-refractivity contribution in [3.8, 4) is 5.82 Å². The van der Waals surface area contributed by atoms with E-state index in [0.29, 0.717) is 18.2 Å². The van der Waals surface area contributed by atoms with E-state index in [4.69, 9.17) is 0 Å². The van der Waals surface area contributed by atoms with Crippen molar-refractivity contribution >= 4 is 23.3 Å². The summed E-state index contributed by atoms with van der Waals surface area (Å²) in [7, 11) is 0. The number of hydrogen-bond acceptors (Lipinski definition) is 5. The van der Waals surface area contributed by atoms with Gasteiger partial charge in [0.25, 0.3) is 0 Å². The molecule has 1 atom stereocenters. The van der Waals surface area contributed by atoms with Crippen molar-refractivity contribution in [2.75, 3.05) is 16.8 Å². The van der Waals surface area contributed by atoms with Crippen LogP contribution in [0.1, 0.15) is 6.42 Å². The topological polar surface area (TPSA) is 93.0 Å². The van der Waals surface area contributed by atoms with Crippen molar-refractivity contribution in [1.29, 1.82) is 0 Å². The molecule has 4 rings (SSSR count). The van der Waals surface area contributed by atoms with Gasteiger partial charge in [-0.25, -0.2) is 14.6 Å². The highest BCUT2D eigenvalue weighted by Crippen LogP contribution is 2.25. The summed E-state index contributed by atoms with van der Waals surface area (Å²) >= 11 is 0. The van der Waals surface area contributed by atoms with Crippen molar-refractivity contribution in [2.45, 2.75) is 6.42 Å². The molecule has 1 fully saturated rings. The van der Waals surface area contributed by atoms with E-state index in [1.807, 2.05) is 30.3 Å². The van der Waals surface area contributed by atoms with E-state index in [2.05, 4.69) is 20.4 Å². The Balaban J connectivity index is 1.46. The lowest BCUT2D eigenvalue weighted by atomic mass is 10.1. The first-order chi connectivity index (χ1) is 12.7. The average molecular weight is 348 g/mol. The van der Waals surface area contributed by atoms with Gasteiger partial charge in [-0.15, -0.1) is 0 Å². The maximum atomic E-state index is 12.6. The number of carbonyl (C=O) groups excluding carboxylic acids is 2. The summed E-state index contributed by atoms with van der Waals surface area (Å²) in [6.07, 6.45) is 4.94. The minimum atomic E-state index is -0.425. The molecule has 1 aliphatic heterocycles. The Morgan fingerprint density at radius 1 is 1.15 bits per heavy atom. The summed E-state index contributed by atoms with van der Waals surface area (Å²) in [5, 5.41) is 6.87. The van der Waals surface area contributed by atoms with E-state index in [-0.39, 0.29) is 18.2 Å². The Bertz CT molecular complexity index is 926. The van der Waals surface area contributed by atoms with Crippen LogP contribution in [0.2, 0.25) is 0 Å². The molecule has 26 heavy (non-hydrogen) atoms. The number of rotatable bonds is 4. The van der Waals surface area contributed by atoms with Crippen LogP contribution in [0, 0.1) is 5.92 Å². The van der Waals surface area contributed by atoms with Gasteiger partial charge in [0.15, 0.2) is 5.82 Å². The van der Waals surface area contributed by atoms with Gasteiger partial charge in [0.1, 0.15) is 12.1 Å². The van der Waals surface area contributed by atoms with Crippen LogP contribution in [0.15, 0.2) is 61.2 Å². The quantitative estimate of drug-likeness (QED) is 0.774. The molecule has 1 aliphatic rings. The van der Waals surface area contributed by atoms with Crippen LogP contribution in [-0.4, -0.2) is 38.1 Å². The van der Waals surface area contributed by atoms with Gasteiger partial charge in [0.05, 0.1) is 5.92 Å². The van der Waals surface area contributed by atoms with Crippen LogP contribution in [0.5, 0.6) is 0 Å². The molecule has 1 saturated heterocycles. The fourth-order valence-electron chi connectivity index (χ4n) is 2.91. The maximum absolute atomic E-state index is 12.6. The number of aromatic nitrogens is 4. The smallest absolute Gasteiger partial charge is 0.230 e. The third-order valence-corrected chi connectivity index (χ3v) is 4.21. The Morgan fingerprint density at radius 2 is 2.00 bits per heavy atom. The highest BCUT2D eigenvalue weighted by Gasteiger charge is 2.35. The predicted molar refractivity (Wildman–Crippen MR) is 94.7 cm³/mol. The zero-order valence-electron chi connectivity index (χ0n) is 13.8. The van der Waals surface area contributed by atoms with Crippen LogP contribution in [-0.2, 0) is 9.59 Å². The van der Waals surface area contributed by atoms with Gasteiger partial charge in [-0.1, -0.05) is 18.2 Å².